The molecule has 0 bridgehead atoms. The molecule has 0 aliphatic carbocycles. The minimum absolute atomic E-state index is 0.613. The second-order valence-corrected chi connectivity index (χ2v) is 10.5. The fourth-order valence-corrected chi connectivity index (χ4v) is 5.57. The predicted molar refractivity (Wildman–Crippen MR) is 174 cm³/mol. The Morgan fingerprint density at radius 3 is 1.40 bits per heavy atom. The molecule has 2 aromatic heterocycles. The van der Waals surface area contributed by atoms with Crippen molar-refractivity contribution in [3.63, 3.8) is 0 Å². The fraction of sp³-hybridized carbons (Fsp3) is 0. The number of nitrogens with zero attached hydrogens (tertiary/aromatic N) is 3. The smallest absolute Gasteiger partial charge is 0.164 e. The Morgan fingerprint density at radius 2 is 0.767 bits per heavy atom. The van der Waals surface area contributed by atoms with Crippen molar-refractivity contribution in [2.45, 2.75) is 0 Å². The molecule has 0 unspecified atom stereocenters. The standard InChI is InChI=1S/C39H25N3O/c1-4-12-26(13-5-1)30-22-31(27-14-6-2-7-15-27)24-32(23-30)39-41-37(28-16-8-3-9-17-28)40-38(42-39)29-20-21-36-34(25-29)33-18-10-11-19-35(33)43-36/h1-25H. The van der Waals surface area contributed by atoms with Crippen molar-refractivity contribution in [2.24, 2.45) is 0 Å². The molecule has 0 N–H and O–H groups in total. The van der Waals surface area contributed by atoms with Crippen LogP contribution in [0.1, 0.15) is 0 Å². The van der Waals surface area contributed by atoms with Crippen LogP contribution < -0.4 is 0 Å². The average Bonchev–Trinajstić information content (AvgIpc) is 3.47. The van der Waals surface area contributed by atoms with Gasteiger partial charge in [-0.15, -0.1) is 0 Å². The Hall–Kier alpha value is -5.87. The highest BCUT2D eigenvalue weighted by Gasteiger charge is 2.16. The van der Waals surface area contributed by atoms with Gasteiger partial charge in [0.05, 0.1) is 0 Å². The van der Waals surface area contributed by atoms with E-state index in [1.165, 1.54) is 0 Å². The van der Waals surface area contributed by atoms with Gasteiger partial charge in [-0.25, -0.2) is 15.0 Å². The van der Waals surface area contributed by atoms with Gasteiger partial charge in [0.15, 0.2) is 17.5 Å². The molecule has 0 radical (unpaired) electrons. The summed E-state index contributed by atoms with van der Waals surface area (Å²) in [4.78, 5) is 15.1. The lowest BCUT2D eigenvalue weighted by Crippen LogP contribution is -2.00. The van der Waals surface area contributed by atoms with Crippen molar-refractivity contribution >= 4 is 21.9 Å². The summed E-state index contributed by atoms with van der Waals surface area (Å²) in [6.07, 6.45) is 0. The van der Waals surface area contributed by atoms with Crippen LogP contribution in [0.4, 0.5) is 0 Å². The van der Waals surface area contributed by atoms with E-state index in [0.717, 1.165) is 60.9 Å². The van der Waals surface area contributed by atoms with E-state index < -0.39 is 0 Å². The lowest BCUT2D eigenvalue weighted by atomic mass is 9.96. The Bertz CT molecular complexity index is 2170. The predicted octanol–water partition coefficient (Wildman–Crippen LogP) is 10.1. The zero-order chi connectivity index (χ0) is 28.6. The second kappa shape index (κ2) is 10.5. The molecule has 202 valence electrons. The first-order valence-corrected chi connectivity index (χ1v) is 14.3. The van der Waals surface area contributed by atoms with Crippen LogP contribution in [0.2, 0.25) is 0 Å². The van der Waals surface area contributed by atoms with Gasteiger partial charge in [-0.2, -0.15) is 0 Å². The monoisotopic (exact) mass is 551 g/mol. The molecule has 0 atom stereocenters. The largest absolute Gasteiger partial charge is 0.456 e. The van der Waals surface area contributed by atoms with Crippen LogP contribution in [0.3, 0.4) is 0 Å². The lowest BCUT2D eigenvalue weighted by Gasteiger charge is -2.12. The Balaban J connectivity index is 1.35. The van der Waals surface area contributed by atoms with Crippen molar-refractivity contribution < 1.29 is 4.42 Å². The number of rotatable bonds is 5. The summed E-state index contributed by atoms with van der Waals surface area (Å²) >= 11 is 0. The average molecular weight is 552 g/mol. The minimum Gasteiger partial charge on any atom is -0.456 e. The van der Waals surface area contributed by atoms with Crippen molar-refractivity contribution in [3.05, 3.63) is 152 Å². The van der Waals surface area contributed by atoms with Crippen LogP contribution in [0.25, 0.3) is 78.4 Å². The van der Waals surface area contributed by atoms with E-state index in [2.05, 4.69) is 78.9 Å². The maximum atomic E-state index is 6.09. The maximum absolute atomic E-state index is 6.09. The van der Waals surface area contributed by atoms with Crippen LogP contribution in [-0.4, -0.2) is 15.0 Å². The van der Waals surface area contributed by atoms with Crippen LogP contribution in [0, 0.1) is 0 Å². The van der Waals surface area contributed by atoms with Crippen LogP contribution >= 0.6 is 0 Å². The number of furan rings is 1. The molecule has 43 heavy (non-hydrogen) atoms. The van der Waals surface area contributed by atoms with Gasteiger partial charge in [0.1, 0.15) is 11.2 Å². The lowest BCUT2D eigenvalue weighted by molar-refractivity contribution is 0.669. The first kappa shape index (κ1) is 24.9. The molecule has 0 saturated carbocycles. The van der Waals surface area contributed by atoms with E-state index in [4.69, 9.17) is 19.4 Å². The van der Waals surface area contributed by atoms with Crippen molar-refractivity contribution in [1.82, 2.24) is 15.0 Å². The molecule has 0 spiro atoms. The number of hydrogen-bond donors (Lipinski definition) is 0. The third-order valence-electron chi connectivity index (χ3n) is 7.71. The highest BCUT2D eigenvalue weighted by molar-refractivity contribution is 6.06. The van der Waals surface area contributed by atoms with Gasteiger partial charge >= 0.3 is 0 Å². The normalized spacial score (nSPS) is 11.3. The molecule has 6 aromatic carbocycles. The van der Waals surface area contributed by atoms with Gasteiger partial charge in [0, 0.05) is 27.5 Å². The van der Waals surface area contributed by atoms with E-state index in [0.29, 0.717) is 17.5 Å². The second-order valence-electron chi connectivity index (χ2n) is 10.5. The highest BCUT2D eigenvalue weighted by Crippen LogP contribution is 2.35. The molecule has 0 saturated heterocycles. The number of para-hydroxylation sites is 1. The van der Waals surface area contributed by atoms with Gasteiger partial charge in [0.25, 0.3) is 0 Å². The molecule has 8 aromatic rings. The third kappa shape index (κ3) is 4.75. The summed E-state index contributed by atoms with van der Waals surface area (Å²) < 4.78 is 6.09. The molecule has 8 rings (SSSR count). The molecule has 2 heterocycles. The first-order valence-electron chi connectivity index (χ1n) is 14.3. The zero-order valence-corrected chi connectivity index (χ0v) is 23.2. The zero-order valence-electron chi connectivity index (χ0n) is 23.2. The van der Waals surface area contributed by atoms with Gasteiger partial charge in [0.2, 0.25) is 0 Å². The van der Waals surface area contributed by atoms with Crippen LogP contribution in [0.5, 0.6) is 0 Å². The van der Waals surface area contributed by atoms with Gasteiger partial charge in [-0.1, -0.05) is 109 Å². The molecular weight excluding hydrogens is 526 g/mol. The molecule has 0 aliphatic rings. The summed E-state index contributed by atoms with van der Waals surface area (Å²) in [6, 6.07) is 51.7. The first-order chi connectivity index (χ1) is 21.3. The Morgan fingerprint density at radius 1 is 0.302 bits per heavy atom. The number of hydrogen-bond acceptors (Lipinski definition) is 4. The summed E-state index contributed by atoms with van der Waals surface area (Å²) in [6.45, 7) is 0. The van der Waals surface area contributed by atoms with E-state index in [9.17, 15) is 0 Å². The summed E-state index contributed by atoms with van der Waals surface area (Å²) in [5.74, 6) is 1.86. The van der Waals surface area contributed by atoms with Gasteiger partial charge < -0.3 is 4.42 Å². The highest BCUT2D eigenvalue weighted by atomic mass is 16.3. The van der Waals surface area contributed by atoms with E-state index in [1.807, 2.05) is 72.8 Å². The summed E-state index contributed by atoms with van der Waals surface area (Å²) in [5, 5.41) is 2.11. The molecule has 4 nitrogen and oxygen atoms in total. The topological polar surface area (TPSA) is 51.8 Å². The molecule has 4 heteroatoms. The SMILES string of the molecule is c1ccc(-c2cc(-c3ccccc3)cc(-c3nc(-c4ccccc4)nc(-c4ccc5oc6ccccc6c5c4)n3)c2)cc1. The maximum Gasteiger partial charge on any atom is 0.164 e. The van der Waals surface area contributed by atoms with Crippen molar-refractivity contribution in [1.29, 1.82) is 0 Å². The minimum atomic E-state index is 0.613. The number of benzene rings is 6. The number of aromatic nitrogens is 3. The molecule has 0 fully saturated rings. The Labute approximate surface area is 249 Å². The molecule has 0 amide bonds. The van der Waals surface area contributed by atoms with E-state index in [1.54, 1.807) is 0 Å². The van der Waals surface area contributed by atoms with E-state index >= 15 is 0 Å². The van der Waals surface area contributed by atoms with Gasteiger partial charge in [-0.3, -0.25) is 0 Å². The van der Waals surface area contributed by atoms with Crippen molar-refractivity contribution in [3.8, 4) is 56.4 Å². The summed E-state index contributed by atoms with van der Waals surface area (Å²) in [5.41, 5.74) is 8.95. The van der Waals surface area contributed by atoms with Crippen LogP contribution in [0.15, 0.2) is 156 Å². The fourth-order valence-electron chi connectivity index (χ4n) is 5.57. The van der Waals surface area contributed by atoms with Crippen LogP contribution in [-0.2, 0) is 0 Å². The Kier molecular flexibility index (Phi) is 6.08. The summed E-state index contributed by atoms with van der Waals surface area (Å²) in [7, 11) is 0. The third-order valence-corrected chi connectivity index (χ3v) is 7.71. The quantitative estimate of drug-likeness (QED) is 0.214. The molecular formula is C39H25N3O. The number of fused-ring (bicyclic) bond motifs is 3. The van der Waals surface area contributed by atoms with Crippen molar-refractivity contribution in [2.75, 3.05) is 0 Å². The van der Waals surface area contributed by atoms with E-state index in [-0.39, 0.29) is 0 Å². The van der Waals surface area contributed by atoms with Gasteiger partial charge in [-0.05, 0) is 64.7 Å². The molecule has 0 aliphatic heterocycles.